The van der Waals surface area contributed by atoms with Crippen molar-refractivity contribution in [2.75, 3.05) is 0 Å². The maximum Gasteiger partial charge on any atom is 0.312 e. The Morgan fingerprint density at radius 1 is 0.900 bits per heavy atom. The highest BCUT2D eigenvalue weighted by Gasteiger charge is 2.72. The number of nitrogens with zero attached hydrogens (tertiary/aromatic N) is 3. The zero-order chi connectivity index (χ0) is 35.4. The van der Waals surface area contributed by atoms with Gasteiger partial charge in [-0.3, -0.25) is 4.79 Å². The second-order valence-electron chi connectivity index (χ2n) is 18.6. The molecule has 0 amide bonds. The highest BCUT2D eigenvalue weighted by Crippen LogP contribution is 2.77. The Morgan fingerprint density at radius 2 is 1.66 bits per heavy atom. The third-order valence-corrected chi connectivity index (χ3v) is 16.5. The van der Waals surface area contributed by atoms with E-state index in [1.165, 1.54) is 24.8 Å². The van der Waals surface area contributed by atoms with E-state index in [-0.39, 0.29) is 52.0 Å². The zero-order valence-electron chi connectivity index (χ0n) is 31.0. The summed E-state index contributed by atoms with van der Waals surface area (Å²) in [6, 6.07) is 11.2. The molecular formula is C43H57N3O4. The molecule has 2 aromatic carbocycles. The fourth-order valence-electron chi connectivity index (χ4n) is 13.7. The fraction of sp³-hybridized carbons (Fsp3) is 0.651. The first-order valence-corrected chi connectivity index (χ1v) is 19.3. The van der Waals surface area contributed by atoms with Crippen LogP contribution in [0.25, 0.3) is 16.5 Å². The number of aliphatic hydroxyl groups is 1. The van der Waals surface area contributed by atoms with E-state index < -0.39 is 5.41 Å². The van der Waals surface area contributed by atoms with Crippen LogP contribution in [0.2, 0.25) is 0 Å². The number of aromatic nitrogens is 3. The molecule has 5 aliphatic carbocycles. The van der Waals surface area contributed by atoms with Crippen LogP contribution in [0.15, 0.2) is 54.7 Å². The van der Waals surface area contributed by atoms with Crippen molar-refractivity contribution < 1.29 is 19.7 Å². The zero-order valence-corrected chi connectivity index (χ0v) is 31.0. The minimum absolute atomic E-state index is 0.0583. The maximum absolute atomic E-state index is 14.6. The van der Waals surface area contributed by atoms with E-state index in [4.69, 9.17) is 4.74 Å². The minimum Gasteiger partial charge on any atom is -0.507 e. The first-order valence-electron chi connectivity index (χ1n) is 19.3. The molecule has 1 aromatic heterocycles. The molecule has 5 fully saturated rings. The highest BCUT2D eigenvalue weighted by molar-refractivity contribution is 5.94. The van der Waals surface area contributed by atoms with Crippen molar-refractivity contribution in [3.8, 4) is 11.4 Å². The Bertz CT molecular complexity index is 1850. The number of benzene rings is 2. The molecule has 7 nitrogen and oxygen atoms in total. The number of phenolic OH excluding ortho intramolecular Hbond substituents is 1. The summed E-state index contributed by atoms with van der Waals surface area (Å²) < 4.78 is 7.97. The van der Waals surface area contributed by atoms with Crippen LogP contribution in [0.1, 0.15) is 111 Å². The maximum atomic E-state index is 14.6. The number of hydrogen-bond donors (Lipinski definition) is 2. The quantitative estimate of drug-likeness (QED) is 0.206. The van der Waals surface area contributed by atoms with Crippen molar-refractivity contribution >= 4 is 16.7 Å². The number of esters is 1. The lowest BCUT2D eigenvalue weighted by molar-refractivity contribution is -0.248. The van der Waals surface area contributed by atoms with Gasteiger partial charge in [0.25, 0.3) is 0 Å². The second kappa shape index (κ2) is 11.4. The molecule has 2 N–H and O–H groups in total. The minimum atomic E-state index is -0.502. The van der Waals surface area contributed by atoms with Gasteiger partial charge in [-0.15, -0.1) is 5.10 Å². The summed E-state index contributed by atoms with van der Waals surface area (Å²) in [5, 5.41) is 31.9. The fourth-order valence-corrected chi connectivity index (χ4v) is 13.7. The predicted octanol–water partition coefficient (Wildman–Crippen LogP) is 9.19. The van der Waals surface area contributed by atoms with Crippen molar-refractivity contribution in [1.82, 2.24) is 15.0 Å². The van der Waals surface area contributed by atoms with E-state index in [1.54, 1.807) is 10.7 Å². The van der Waals surface area contributed by atoms with E-state index >= 15 is 0 Å². The van der Waals surface area contributed by atoms with E-state index in [9.17, 15) is 15.0 Å². The molecule has 8 rings (SSSR count). The van der Waals surface area contributed by atoms with Gasteiger partial charge in [0.2, 0.25) is 0 Å². The van der Waals surface area contributed by atoms with Crippen molar-refractivity contribution in [1.29, 1.82) is 0 Å². The molecule has 7 heteroatoms. The van der Waals surface area contributed by atoms with Crippen molar-refractivity contribution in [3.05, 3.63) is 60.4 Å². The number of allylic oxidation sites excluding steroid dienone is 1. The molecule has 50 heavy (non-hydrogen) atoms. The largest absolute Gasteiger partial charge is 0.507 e. The van der Waals surface area contributed by atoms with Crippen LogP contribution in [0, 0.1) is 56.7 Å². The average Bonchev–Trinajstić information content (AvgIpc) is 3.72. The average molecular weight is 680 g/mol. The standard InChI is InChI=1S/C43H57N3O4/c1-26(2)28-16-21-43(38(49)50-25-27-24-46(45-44-27)32-12-8-11-30-29(32)10-9-13-33(30)47)23-22-41(6)31(37(28)43)14-15-35-40(5)19-18-36(48)39(3,4)34(40)17-20-42(35,41)7/h8-13,24,28,31,34-37,47-48H,1,14-23,25H2,2-7H3/t28-,31+,34-,35+,36-,37+,40-,41+,42+,43-/m0/s1. The van der Waals surface area contributed by atoms with Gasteiger partial charge in [-0.25, -0.2) is 4.68 Å². The van der Waals surface area contributed by atoms with Crippen LogP contribution in [-0.4, -0.2) is 37.3 Å². The van der Waals surface area contributed by atoms with Crippen molar-refractivity contribution in [2.45, 2.75) is 118 Å². The first-order chi connectivity index (χ1) is 23.7. The lowest BCUT2D eigenvalue weighted by atomic mass is 9.32. The molecular weight excluding hydrogens is 622 g/mol. The van der Waals surface area contributed by atoms with Crippen LogP contribution < -0.4 is 0 Å². The molecule has 1 heterocycles. The van der Waals surface area contributed by atoms with Gasteiger partial charge in [-0.1, -0.05) is 76.2 Å². The van der Waals surface area contributed by atoms with Gasteiger partial charge in [0.05, 0.1) is 23.4 Å². The summed E-state index contributed by atoms with van der Waals surface area (Å²) in [6.45, 7) is 19.2. The smallest absolute Gasteiger partial charge is 0.312 e. The predicted molar refractivity (Wildman–Crippen MR) is 195 cm³/mol. The van der Waals surface area contributed by atoms with Crippen molar-refractivity contribution in [3.63, 3.8) is 0 Å². The van der Waals surface area contributed by atoms with Crippen LogP contribution in [0.5, 0.6) is 5.75 Å². The second-order valence-corrected chi connectivity index (χ2v) is 18.6. The summed E-state index contributed by atoms with van der Waals surface area (Å²) >= 11 is 0. The van der Waals surface area contributed by atoms with Gasteiger partial charge in [-0.2, -0.15) is 0 Å². The number of aromatic hydroxyl groups is 1. The Kier molecular flexibility index (Phi) is 7.74. The van der Waals surface area contributed by atoms with Gasteiger partial charge < -0.3 is 14.9 Å². The van der Waals surface area contributed by atoms with Crippen LogP contribution in [0.3, 0.4) is 0 Å². The third kappa shape index (κ3) is 4.53. The molecule has 10 atom stereocenters. The molecule has 0 saturated heterocycles. The molecule has 0 unspecified atom stereocenters. The summed E-state index contributed by atoms with van der Waals surface area (Å²) in [5.41, 5.74) is 2.62. The molecule has 0 aliphatic heterocycles. The summed E-state index contributed by atoms with van der Waals surface area (Å²) in [6.07, 6.45) is 12.1. The van der Waals surface area contributed by atoms with Crippen LogP contribution in [0.4, 0.5) is 0 Å². The lowest BCUT2D eigenvalue weighted by Crippen LogP contribution is -2.67. The first kappa shape index (κ1) is 33.9. The number of phenols is 1. The number of aliphatic hydroxyl groups excluding tert-OH is 1. The molecule has 0 radical (unpaired) electrons. The summed E-state index contributed by atoms with van der Waals surface area (Å²) in [5.74, 6) is 2.33. The Morgan fingerprint density at radius 3 is 2.44 bits per heavy atom. The summed E-state index contributed by atoms with van der Waals surface area (Å²) in [4.78, 5) is 14.6. The van der Waals surface area contributed by atoms with E-state index in [0.717, 1.165) is 61.4 Å². The topological polar surface area (TPSA) is 97.5 Å². The Balaban J connectivity index is 1.06. The molecule has 0 bridgehead atoms. The SMILES string of the molecule is C=C(C)[C@@H]1CC[C@]2(C(=O)OCc3cn(-c4cccc5c(O)cccc45)nn3)CC[C@]3(C)[C@H](CC[C@@H]4[C@@]5(C)CC[C@H](O)C(C)(C)[C@@H]5CC[C@]43C)[C@@H]12. The molecule has 0 spiro atoms. The molecule has 268 valence electrons. The monoisotopic (exact) mass is 679 g/mol. The molecule has 5 saturated carbocycles. The van der Waals surface area contributed by atoms with Gasteiger partial charge >= 0.3 is 5.97 Å². The molecule has 3 aromatic rings. The normalized spacial score (nSPS) is 40.3. The molecule has 5 aliphatic rings. The number of ether oxygens (including phenoxy) is 1. The van der Waals surface area contributed by atoms with E-state index in [1.807, 2.05) is 36.5 Å². The highest BCUT2D eigenvalue weighted by atomic mass is 16.5. The summed E-state index contributed by atoms with van der Waals surface area (Å²) in [7, 11) is 0. The Hall–Kier alpha value is -3.19. The van der Waals surface area contributed by atoms with Crippen LogP contribution >= 0.6 is 0 Å². The Labute approximate surface area is 297 Å². The number of carbonyl (C=O) groups is 1. The van der Waals surface area contributed by atoms with Crippen molar-refractivity contribution in [2.24, 2.45) is 56.7 Å². The number of rotatable bonds is 5. The van der Waals surface area contributed by atoms with E-state index in [0.29, 0.717) is 29.4 Å². The number of hydrogen-bond acceptors (Lipinski definition) is 6. The van der Waals surface area contributed by atoms with Crippen LogP contribution in [-0.2, 0) is 16.1 Å². The van der Waals surface area contributed by atoms with E-state index in [2.05, 4.69) is 58.4 Å². The van der Waals surface area contributed by atoms with Gasteiger partial charge in [0.1, 0.15) is 18.1 Å². The third-order valence-electron chi connectivity index (χ3n) is 16.5. The van der Waals surface area contributed by atoms with Gasteiger partial charge in [-0.05, 0) is 135 Å². The van der Waals surface area contributed by atoms with Gasteiger partial charge in [0, 0.05) is 10.8 Å². The lowest BCUT2D eigenvalue weighted by Gasteiger charge is -2.72. The van der Waals surface area contributed by atoms with Gasteiger partial charge in [0.15, 0.2) is 0 Å². The number of carbonyl (C=O) groups excluding carboxylic acids is 1. The number of fused-ring (bicyclic) bond motifs is 8.